The minimum atomic E-state index is -0.183. The Morgan fingerprint density at radius 3 is 2.45 bits per heavy atom. The quantitative estimate of drug-likeness (QED) is 0.909. The van der Waals surface area contributed by atoms with Gasteiger partial charge in [-0.15, -0.1) is 0 Å². The van der Waals surface area contributed by atoms with Gasteiger partial charge in [0.05, 0.1) is 18.5 Å². The van der Waals surface area contributed by atoms with E-state index in [9.17, 15) is 4.79 Å². The highest BCUT2D eigenvalue weighted by Gasteiger charge is 2.08. The fourth-order valence-corrected chi connectivity index (χ4v) is 1.96. The molecule has 2 aromatic rings. The van der Waals surface area contributed by atoms with Crippen molar-refractivity contribution in [1.29, 1.82) is 0 Å². The highest BCUT2D eigenvalue weighted by Crippen LogP contribution is 2.22. The molecule has 114 valence electrons. The van der Waals surface area contributed by atoms with Crippen molar-refractivity contribution in [1.82, 2.24) is 9.97 Å². The Labute approximate surface area is 129 Å². The molecule has 2 rings (SSSR count). The molecule has 22 heavy (non-hydrogen) atoms. The molecule has 0 aliphatic heterocycles. The molecule has 0 fully saturated rings. The first kappa shape index (κ1) is 15.9. The lowest BCUT2D eigenvalue weighted by Crippen LogP contribution is -2.10. The predicted octanol–water partition coefficient (Wildman–Crippen LogP) is 3.02. The maximum absolute atomic E-state index is 11.3. The fraction of sp³-hybridized carbons (Fsp3) is 0.235. The number of nitrogens with one attached hydrogen (secondary N) is 1. The molecular weight excluding hydrogens is 278 g/mol. The number of carbonyl (C=O) groups is 1. The Kier molecular flexibility index (Phi) is 5.01. The first-order chi connectivity index (χ1) is 10.5. The zero-order valence-electron chi connectivity index (χ0n) is 12.9. The van der Waals surface area contributed by atoms with Gasteiger partial charge in [0.2, 0.25) is 5.91 Å². The zero-order chi connectivity index (χ0) is 16.1. The standard InChI is InChI=1S/C17H19N3O2/c1-11(2)8-15-17(19-12(3)22)18-9-16(20-15)14-6-4-13(10-21)5-7-14/h4-9,21H,10H2,1-3H3,(H,18,19,22). The number of aliphatic hydroxyl groups is 1. The first-order valence-corrected chi connectivity index (χ1v) is 6.99. The van der Waals surface area contributed by atoms with Gasteiger partial charge in [0, 0.05) is 12.5 Å². The van der Waals surface area contributed by atoms with Gasteiger partial charge in [-0.3, -0.25) is 4.79 Å². The Bertz CT molecular complexity index is 702. The monoisotopic (exact) mass is 297 g/mol. The second-order valence-electron chi connectivity index (χ2n) is 5.25. The third kappa shape index (κ3) is 3.99. The van der Waals surface area contributed by atoms with Crippen molar-refractivity contribution in [3.05, 3.63) is 47.3 Å². The lowest BCUT2D eigenvalue weighted by molar-refractivity contribution is -0.114. The number of hydrogen-bond donors (Lipinski definition) is 2. The molecule has 0 atom stereocenters. The van der Waals surface area contributed by atoms with E-state index >= 15 is 0 Å². The SMILES string of the molecule is CC(=O)Nc1ncc(-c2ccc(CO)cc2)nc1C=C(C)C. The number of rotatable bonds is 4. The van der Waals surface area contributed by atoms with Gasteiger partial charge in [-0.2, -0.15) is 0 Å². The van der Waals surface area contributed by atoms with Gasteiger partial charge in [0.25, 0.3) is 0 Å². The van der Waals surface area contributed by atoms with Gasteiger partial charge in [-0.1, -0.05) is 29.8 Å². The van der Waals surface area contributed by atoms with E-state index < -0.39 is 0 Å². The van der Waals surface area contributed by atoms with Gasteiger partial charge < -0.3 is 10.4 Å². The number of hydrogen-bond acceptors (Lipinski definition) is 4. The summed E-state index contributed by atoms with van der Waals surface area (Å²) in [7, 11) is 0. The van der Waals surface area contributed by atoms with E-state index in [4.69, 9.17) is 5.11 Å². The van der Waals surface area contributed by atoms with Gasteiger partial charge >= 0.3 is 0 Å². The highest BCUT2D eigenvalue weighted by atomic mass is 16.3. The van der Waals surface area contributed by atoms with Crippen molar-refractivity contribution in [3.63, 3.8) is 0 Å². The Morgan fingerprint density at radius 2 is 1.91 bits per heavy atom. The lowest BCUT2D eigenvalue weighted by atomic mass is 10.1. The maximum atomic E-state index is 11.3. The molecule has 0 spiro atoms. The summed E-state index contributed by atoms with van der Waals surface area (Å²) >= 11 is 0. The number of aromatic nitrogens is 2. The average molecular weight is 297 g/mol. The topological polar surface area (TPSA) is 75.1 Å². The van der Waals surface area contributed by atoms with Crippen LogP contribution in [0.1, 0.15) is 32.0 Å². The molecule has 0 saturated heterocycles. The number of carbonyl (C=O) groups excluding carboxylic acids is 1. The summed E-state index contributed by atoms with van der Waals surface area (Å²) in [4.78, 5) is 20.1. The van der Waals surface area contributed by atoms with E-state index in [1.165, 1.54) is 6.92 Å². The molecule has 1 aromatic heterocycles. The van der Waals surface area contributed by atoms with Crippen molar-refractivity contribution < 1.29 is 9.90 Å². The smallest absolute Gasteiger partial charge is 0.222 e. The molecule has 1 heterocycles. The normalized spacial score (nSPS) is 10.2. The molecule has 2 N–H and O–H groups in total. The van der Waals surface area contributed by atoms with Gasteiger partial charge in [0.15, 0.2) is 5.82 Å². The van der Waals surface area contributed by atoms with Gasteiger partial charge in [-0.05, 0) is 25.5 Å². The third-order valence-corrected chi connectivity index (χ3v) is 2.95. The second kappa shape index (κ2) is 6.95. The summed E-state index contributed by atoms with van der Waals surface area (Å²) in [5.41, 5.74) is 4.15. The summed E-state index contributed by atoms with van der Waals surface area (Å²) in [6.45, 7) is 5.37. The highest BCUT2D eigenvalue weighted by molar-refractivity contribution is 5.89. The van der Waals surface area contributed by atoms with Crippen LogP contribution in [0.3, 0.4) is 0 Å². The van der Waals surface area contributed by atoms with Crippen LogP contribution in [-0.4, -0.2) is 21.0 Å². The maximum Gasteiger partial charge on any atom is 0.222 e. The summed E-state index contributed by atoms with van der Waals surface area (Å²) in [6.07, 6.45) is 3.51. The van der Waals surface area contributed by atoms with Crippen LogP contribution in [0.2, 0.25) is 0 Å². The molecule has 0 aliphatic rings. The van der Waals surface area contributed by atoms with Crippen molar-refractivity contribution in [2.45, 2.75) is 27.4 Å². The van der Waals surface area contributed by atoms with Crippen LogP contribution in [0.25, 0.3) is 17.3 Å². The van der Waals surface area contributed by atoms with Crippen molar-refractivity contribution in [2.75, 3.05) is 5.32 Å². The van der Waals surface area contributed by atoms with Crippen molar-refractivity contribution in [2.24, 2.45) is 0 Å². The molecular formula is C17H19N3O2. The molecule has 5 heteroatoms. The molecule has 0 saturated carbocycles. The zero-order valence-corrected chi connectivity index (χ0v) is 12.9. The van der Waals surface area contributed by atoms with Crippen LogP contribution in [0.4, 0.5) is 5.82 Å². The fourth-order valence-electron chi connectivity index (χ4n) is 1.96. The van der Waals surface area contributed by atoms with Crippen LogP contribution < -0.4 is 5.32 Å². The summed E-state index contributed by atoms with van der Waals surface area (Å²) in [6, 6.07) is 7.47. The largest absolute Gasteiger partial charge is 0.392 e. The Balaban J connectivity index is 2.44. The van der Waals surface area contributed by atoms with Crippen molar-refractivity contribution >= 4 is 17.8 Å². The van der Waals surface area contributed by atoms with Crippen LogP contribution in [0, 0.1) is 0 Å². The number of benzene rings is 1. The average Bonchev–Trinajstić information content (AvgIpc) is 2.48. The second-order valence-corrected chi connectivity index (χ2v) is 5.25. The summed E-state index contributed by atoms with van der Waals surface area (Å²) in [5, 5.41) is 11.8. The number of aliphatic hydroxyl groups excluding tert-OH is 1. The minimum absolute atomic E-state index is 0.0104. The van der Waals surface area contributed by atoms with E-state index in [0.717, 1.165) is 16.7 Å². The Hall–Kier alpha value is -2.53. The van der Waals surface area contributed by atoms with Crippen molar-refractivity contribution in [3.8, 4) is 11.3 Å². The summed E-state index contributed by atoms with van der Waals surface area (Å²) in [5.74, 6) is 0.266. The molecule has 0 aliphatic carbocycles. The van der Waals surface area contributed by atoms with Crippen LogP contribution in [0.5, 0.6) is 0 Å². The minimum Gasteiger partial charge on any atom is -0.392 e. The molecule has 5 nitrogen and oxygen atoms in total. The molecule has 0 unspecified atom stereocenters. The predicted molar refractivity (Wildman–Crippen MR) is 87.0 cm³/mol. The van der Waals surface area contributed by atoms with Gasteiger partial charge in [-0.25, -0.2) is 9.97 Å². The molecule has 1 aromatic carbocycles. The van der Waals surface area contributed by atoms with Crippen LogP contribution in [0.15, 0.2) is 36.0 Å². The lowest BCUT2D eigenvalue weighted by Gasteiger charge is -2.08. The van der Waals surface area contributed by atoms with E-state index in [-0.39, 0.29) is 12.5 Å². The van der Waals surface area contributed by atoms with E-state index in [1.807, 2.05) is 44.2 Å². The number of anilines is 1. The van der Waals surface area contributed by atoms with E-state index in [1.54, 1.807) is 6.20 Å². The molecule has 1 amide bonds. The van der Waals surface area contributed by atoms with Crippen LogP contribution >= 0.6 is 0 Å². The number of amides is 1. The third-order valence-electron chi connectivity index (χ3n) is 2.95. The van der Waals surface area contributed by atoms with Crippen LogP contribution in [-0.2, 0) is 11.4 Å². The Morgan fingerprint density at radius 1 is 1.23 bits per heavy atom. The summed E-state index contributed by atoms with van der Waals surface area (Å²) < 4.78 is 0. The van der Waals surface area contributed by atoms with E-state index in [2.05, 4.69) is 15.3 Å². The number of nitrogens with zero attached hydrogens (tertiary/aromatic N) is 2. The van der Waals surface area contributed by atoms with Gasteiger partial charge in [0.1, 0.15) is 5.69 Å². The number of allylic oxidation sites excluding steroid dienone is 1. The first-order valence-electron chi connectivity index (χ1n) is 6.99. The molecule has 0 radical (unpaired) electrons. The molecule has 0 bridgehead atoms. The van der Waals surface area contributed by atoms with E-state index in [0.29, 0.717) is 17.2 Å².